The maximum atomic E-state index is 5.22. The normalized spacial score (nSPS) is 11.6. The first-order valence-corrected chi connectivity index (χ1v) is 7.00. The van der Waals surface area contributed by atoms with Crippen LogP contribution < -0.4 is 15.4 Å². The monoisotopic (exact) mass is 314 g/mol. The topological polar surface area (TPSA) is 33.3 Å². The summed E-state index contributed by atoms with van der Waals surface area (Å²) in [4.78, 5) is 0. The Morgan fingerprint density at radius 3 is 2.61 bits per heavy atom. The number of ether oxygens (including phenoxy) is 1. The van der Waals surface area contributed by atoms with Crippen LogP contribution in [0.1, 0.15) is 19.4 Å². The minimum Gasteiger partial charge on any atom is -0.496 e. The first kappa shape index (κ1) is 15.5. The zero-order valence-electron chi connectivity index (χ0n) is 11.6. The molecule has 3 nitrogen and oxygen atoms in total. The minimum atomic E-state index is 0.123. The predicted molar refractivity (Wildman–Crippen MR) is 80.4 cm³/mol. The van der Waals surface area contributed by atoms with Gasteiger partial charge in [0.05, 0.1) is 11.6 Å². The second kappa shape index (κ2) is 7.12. The molecule has 0 heterocycles. The summed E-state index contributed by atoms with van der Waals surface area (Å²) in [7, 11) is 3.66. The number of benzene rings is 1. The van der Waals surface area contributed by atoms with Gasteiger partial charge in [-0.25, -0.2) is 0 Å². The van der Waals surface area contributed by atoms with Crippen LogP contribution in [0.3, 0.4) is 0 Å². The summed E-state index contributed by atoms with van der Waals surface area (Å²) in [6, 6.07) is 6.22. The lowest BCUT2D eigenvalue weighted by Gasteiger charge is -2.26. The van der Waals surface area contributed by atoms with E-state index in [-0.39, 0.29) is 5.54 Å². The summed E-state index contributed by atoms with van der Waals surface area (Å²) in [6.07, 6.45) is 1.01. The largest absolute Gasteiger partial charge is 0.496 e. The summed E-state index contributed by atoms with van der Waals surface area (Å²) >= 11 is 3.51. The highest BCUT2D eigenvalue weighted by atomic mass is 79.9. The van der Waals surface area contributed by atoms with Gasteiger partial charge in [-0.15, -0.1) is 0 Å². The van der Waals surface area contributed by atoms with E-state index < -0.39 is 0 Å². The number of methoxy groups -OCH3 is 1. The van der Waals surface area contributed by atoms with E-state index >= 15 is 0 Å². The summed E-state index contributed by atoms with van der Waals surface area (Å²) in [5.74, 6) is 0.877. The highest BCUT2D eigenvalue weighted by Crippen LogP contribution is 2.25. The number of halogens is 1. The summed E-state index contributed by atoms with van der Waals surface area (Å²) in [5.41, 5.74) is 1.42. The van der Waals surface area contributed by atoms with E-state index in [2.05, 4.69) is 52.5 Å². The molecule has 0 aliphatic rings. The van der Waals surface area contributed by atoms with Crippen LogP contribution >= 0.6 is 15.9 Å². The summed E-state index contributed by atoms with van der Waals surface area (Å²) in [6.45, 7) is 6.33. The average molecular weight is 315 g/mol. The van der Waals surface area contributed by atoms with Gasteiger partial charge in [0.1, 0.15) is 5.75 Å². The van der Waals surface area contributed by atoms with Crippen LogP contribution in [0.2, 0.25) is 0 Å². The van der Waals surface area contributed by atoms with Crippen molar-refractivity contribution in [3.8, 4) is 5.75 Å². The third-order valence-corrected chi connectivity index (χ3v) is 3.47. The van der Waals surface area contributed by atoms with Crippen LogP contribution in [0.5, 0.6) is 5.75 Å². The molecule has 0 spiro atoms. The van der Waals surface area contributed by atoms with Crippen molar-refractivity contribution in [2.24, 2.45) is 0 Å². The number of likely N-dealkylation sites (N-methyl/N-ethyl adjacent to an activating group) is 1. The molecule has 0 aromatic heterocycles. The maximum absolute atomic E-state index is 5.22. The molecule has 0 saturated carbocycles. The molecule has 18 heavy (non-hydrogen) atoms. The van der Waals surface area contributed by atoms with Crippen molar-refractivity contribution in [1.29, 1.82) is 0 Å². The van der Waals surface area contributed by atoms with Crippen LogP contribution in [0, 0.1) is 0 Å². The van der Waals surface area contributed by atoms with E-state index in [0.717, 1.165) is 29.7 Å². The van der Waals surface area contributed by atoms with E-state index in [1.165, 1.54) is 5.56 Å². The van der Waals surface area contributed by atoms with Gasteiger partial charge in [-0.3, -0.25) is 0 Å². The molecule has 0 bridgehead atoms. The van der Waals surface area contributed by atoms with Gasteiger partial charge < -0.3 is 15.4 Å². The maximum Gasteiger partial charge on any atom is 0.133 e. The van der Waals surface area contributed by atoms with E-state index in [1.54, 1.807) is 7.11 Å². The lowest BCUT2D eigenvalue weighted by Crippen LogP contribution is -2.47. The predicted octanol–water partition coefficient (Wildman–Crippen LogP) is 2.59. The highest BCUT2D eigenvalue weighted by molar-refractivity contribution is 9.10. The van der Waals surface area contributed by atoms with Gasteiger partial charge in [-0.05, 0) is 67.5 Å². The Labute approximate surface area is 118 Å². The molecule has 102 valence electrons. The number of hydrogen-bond acceptors (Lipinski definition) is 3. The van der Waals surface area contributed by atoms with Crippen LogP contribution in [0.4, 0.5) is 0 Å². The van der Waals surface area contributed by atoms with Gasteiger partial charge in [-0.2, -0.15) is 0 Å². The molecule has 0 radical (unpaired) electrons. The minimum absolute atomic E-state index is 0.123. The van der Waals surface area contributed by atoms with Gasteiger partial charge in [0.15, 0.2) is 0 Å². The first-order chi connectivity index (χ1) is 8.48. The van der Waals surface area contributed by atoms with Crippen molar-refractivity contribution >= 4 is 15.9 Å². The number of nitrogens with one attached hydrogen (secondary N) is 2. The zero-order valence-corrected chi connectivity index (χ0v) is 13.2. The van der Waals surface area contributed by atoms with Crippen LogP contribution in [0.15, 0.2) is 22.7 Å². The van der Waals surface area contributed by atoms with Crippen molar-refractivity contribution < 1.29 is 4.74 Å². The van der Waals surface area contributed by atoms with E-state index in [1.807, 2.05) is 13.1 Å². The quantitative estimate of drug-likeness (QED) is 0.811. The molecule has 1 aromatic rings. The first-order valence-electron chi connectivity index (χ1n) is 6.20. The molecule has 0 atom stereocenters. The van der Waals surface area contributed by atoms with E-state index in [4.69, 9.17) is 4.74 Å². The fourth-order valence-corrected chi connectivity index (χ4v) is 2.50. The lowest BCUT2D eigenvalue weighted by atomic mass is 10.0. The third kappa shape index (κ3) is 4.96. The van der Waals surface area contributed by atoms with Gasteiger partial charge in [0.25, 0.3) is 0 Å². The van der Waals surface area contributed by atoms with E-state index in [9.17, 15) is 0 Å². The molecule has 0 saturated heterocycles. The molecular formula is C14H23BrN2O. The second-order valence-electron chi connectivity index (χ2n) is 5.06. The third-order valence-electron chi connectivity index (χ3n) is 2.85. The Balaban J connectivity index is 2.47. The Bertz CT molecular complexity index is 380. The fraction of sp³-hybridized carbons (Fsp3) is 0.571. The average Bonchev–Trinajstić information content (AvgIpc) is 2.29. The van der Waals surface area contributed by atoms with Gasteiger partial charge >= 0.3 is 0 Å². The molecule has 4 heteroatoms. The molecular weight excluding hydrogens is 292 g/mol. The fourth-order valence-electron chi connectivity index (χ4n) is 1.92. The number of rotatable bonds is 7. The highest BCUT2D eigenvalue weighted by Gasteiger charge is 2.14. The number of hydrogen-bond donors (Lipinski definition) is 2. The zero-order chi connectivity index (χ0) is 13.6. The summed E-state index contributed by atoms with van der Waals surface area (Å²) < 4.78 is 6.23. The molecule has 0 aliphatic carbocycles. The Kier molecular flexibility index (Phi) is 6.12. The second-order valence-corrected chi connectivity index (χ2v) is 5.91. The van der Waals surface area contributed by atoms with Crippen LogP contribution in [0.25, 0.3) is 0 Å². The smallest absolute Gasteiger partial charge is 0.133 e. The van der Waals surface area contributed by atoms with Gasteiger partial charge in [0.2, 0.25) is 0 Å². The SMILES string of the molecule is CNCC(C)(C)NCCc1ccc(OC)c(Br)c1. The molecule has 1 aromatic carbocycles. The van der Waals surface area contributed by atoms with E-state index in [0.29, 0.717) is 0 Å². The molecule has 0 fully saturated rings. The van der Waals surface area contributed by atoms with Crippen molar-refractivity contribution in [2.75, 3.05) is 27.2 Å². The van der Waals surface area contributed by atoms with Crippen LogP contribution in [-0.4, -0.2) is 32.8 Å². The molecule has 0 amide bonds. The van der Waals surface area contributed by atoms with Crippen LogP contribution in [-0.2, 0) is 6.42 Å². The van der Waals surface area contributed by atoms with Gasteiger partial charge in [0, 0.05) is 12.1 Å². The Hall–Kier alpha value is -0.580. The molecule has 0 aliphatic heterocycles. The van der Waals surface area contributed by atoms with Crippen molar-refractivity contribution in [1.82, 2.24) is 10.6 Å². The Morgan fingerprint density at radius 2 is 2.06 bits per heavy atom. The van der Waals surface area contributed by atoms with Gasteiger partial charge in [-0.1, -0.05) is 6.07 Å². The summed E-state index contributed by atoms with van der Waals surface area (Å²) in [5, 5.41) is 6.74. The van der Waals surface area contributed by atoms with Crippen molar-refractivity contribution in [2.45, 2.75) is 25.8 Å². The van der Waals surface area contributed by atoms with Crippen molar-refractivity contribution in [3.05, 3.63) is 28.2 Å². The molecule has 2 N–H and O–H groups in total. The Morgan fingerprint density at radius 1 is 1.33 bits per heavy atom. The standard InChI is InChI=1S/C14H23BrN2O/c1-14(2,10-16-3)17-8-7-11-5-6-13(18-4)12(15)9-11/h5-6,9,16-17H,7-8,10H2,1-4H3. The molecule has 0 unspecified atom stereocenters. The lowest BCUT2D eigenvalue weighted by molar-refractivity contribution is 0.378. The van der Waals surface area contributed by atoms with Crippen molar-refractivity contribution in [3.63, 3.8) is 0 Å². The molecule has 1 rings (SSSR count).